The van der Waals surface area contributed by atoms with Crippen LogP contribution >= 0.6 is 0 Å². The third-order valence-corrected chi connectivity index (χ3v) is 4.56. The van der Waals surface area contributed by atoms with Crippen LogP contribution in [0.5, 0.6) is 11.5 Å². The van der Waals surface area contributed by atoms with Crippen molar-refractivity contribution >= 4 is 5.91 Å². The maximum Gasteiger partial charge on any atom is 0.387 e. The number of hydrogen-bond acceptors (Lipinski definition) is 6. The molecule has 0 radical (unpaired) electrons. The molecule has 1 aromatic heterocycles. The van der Waals surface area contributed by atoms with Gasteiger partial charge < -0.3 is 19.5 Å². The molecule has 0 unspecified atom stereocenters. The van der Waals surface area contributed by atoms with Gasteiger partial charge in [0.2, 0.25) is 5.91 Å². The van der Waals surface area contributed by atoms with Crippen LogP contribution in [0.15, 0.2) is 48.7 Å². The molecule has 1 N–H and O–H groups in total. The molecule has 32 heavy (non-hydrogen) atoms. The van der Waals surface area contributed by atoms with Crippen LogP contribution in [0.2, 0.25) is 0 Å². The van der Waals surface area contributed by atoms with Crippen molar-refractivity contribution in [2.24, 2.45) is 0 Å². The van der Waals surface area contributed by atoms with Gasteiger partial charge in [0.15, 0.2) is 11.5 Å². The molecule has 3 rings (SSSR count). The highest BCUT2D eigenvalue weighted by atomic mass is 19.3. The Bertz CT molecular complexity index is 1040. The normalized spacial score (nSPS) is 10.9. The Balaban J connectivity index is 1.51. The van der Waals surface area contributed by atoms with Crippen molar-refractivity contribution in [3.63, 3.8) is 0 Å². The molecule has 0 bridgehead atoms. The summed E-state index contributed by atoms with van der Waals surface area (Å²) in [4.78, 5) is 12.2. The number of hydrogen-bond donors (Lipinski definition) is 1. The van der Waals surface area contributed by atoms with Crippen LogP contribution in [-0.2, 0) is 29.1 Å². The molecule has 2 aromatic carbocycles. The third kappa shape index (κ3) is 6.48. The number of nitrogens with zero attached hydrogens (tertiary/aromatic N) is 3. The lowest BCUT2D eigenvalue weighted by Crippen LogP contribution is -2.29. The van der Waals surface area contributed by atoms with Crippen LogP contribution < -0.4 is 14.8 Å². The third-order valence-electron chi connectivity index (χ3n) is 4.56. The molecule has 0 aliphatic rings. The summed E-state index contributed by atoms with van der Waals surface area (Å²) in [7, 11) is 3.01. The average Bonchev–Trinajstić information content (AvgIpc) is 3.23. The predicted octanol–water partition coefficient (Wildman–Crippen LogP) is 3.06. The van der Waals surface area contributed by atoms with Gasteiger partial charge in [0.1, 0.15) is 12.2 Å². The zero-order valence-corrected chi connectivity index (χ0v) is 17.8. The van der Waals surface area contributed by atoms with E-state index in [1.54, 1.807) is 25.4 Å². The molecule has 0 spiro atoms. The standard InChI is InChI=1S/C22H24F2N4O4/c1-30-14-16-4-3-5-17(10-16)18-12-28(27-26-18)13-21(29)25-9-8-15-6-7-19(32-22(23)24)20(11-15)31-2/h3-7,10-12,22H,8-9,13-14H2,1-2H3,(H,25,29). The van der Waals surface area contributed by atoms with E-state index < -0.39 is 6.61 Å². The number of halogens is 2. The van der Waals surface area contributed by atoms with Crippen LogP contribution in [0.1, 0.15) is 11.1 Å². The maximum atomic E-state index is 12.4. The van der Waals surface area contributed by atoms with Gasteiger partial charge in [0.25, 0.3) is 0 Å². The second kappa shape index (κ2) is 11.2. The van der Waals surface area contributed by atoms with E-state index in [0.29, 0.717) is 25.3 Å². The Labute approximate surface area is 184 Å². The summed E-state index contributed by atoms with van der Waals surface area (Å²) in [6, 6.07) is 12.4. The van der Waals surface area contributed by atoms with Crippen LogP contribution in [0.3, 0.4) is 0 Å². The van der Waals surface area contributed by atoms with Gasteiger partial charge in [0.05, 0.1) is 19.9 Å². The van der Waals surface area contributed by atoms with E-state index in [9.17, 15) is 13.6 Å². The fourth-order valence-electron chi connectivity index (χ4n) is 3.11. The number of amides is 1. The summed E-state index contributed by atoms with van der Waals surface area (Å²) >= 11 is 0. The largest absolute Gasteiger partial charge is 0.493 e. The smallest absolute Gasteiger partial charge is 0.387 e. The molecule has 8 nitrogen and oxygen atoms in total. The van der Waals surface area contributed by atoms with Crippen molar-refractivity contribution in [3.05, 3.63) is 59.8 Å². The molecule has 0 saturated heterocycles. The van der Waals surface area contributed by atoms with Crippen LogP contribution in [0.4, 0.5) is 8.78 Å². The van der Waals surface area contributed by atoms with Crippen molar-refractivity contribution in [2.75, 3.05) is 20.8 Å². The molecule has 0 saturated carbocycles. The van der Waals surface area contributed by atoms with Crippen molar-refractivity contribution in [1.82, 2.24) is 20.3 Å². The highest BCUT2D eigenvalue weighted by molar-refractivity contribution is 5.75. The first-order chi connectivity index (χ1) is 15.5. The number of aromatic nitrogens is 3. The van der Waals surface area contributed by atoms with Crippen molar-refractivity contribution in [3.8, 4) is 22.8 Å². The monoisotopic (exact) mass is 446 g/mol. The molecule has 1 heterocycles. The van der Waals surface area contributed by atoms with Gasteiger partial charge in [-0.2, -0.15) is 8.78 Å². The number of alkyl halides is 2. The summed E-state index contributed by atoms with van der Waals surface area (Å²) in [5.41, 5.74) is 3.37. The minimum absolute atomic E-state index is 0.0231. The fourth-order valence-corrected chi connectivity index (χ4v) is 3.11. The summed E-state index contributed by atoms with van der Waals surface area (Å²) in [5.74, 6) is -0.0527. The molecule has 0 fully saturated rings. The van der Waals surface area contributed by atoms with Crippen molar-refractivity contribution < 1.29 is 27.8 Å². The number of methoxy groups -OCH3 is 2. The Morgan fingerprint density at radius 1 is 1.12 bits per heavy atom. The van der Waals surface area contributed by atoms with Crippen molar-refractivity contribution in [2.45, 2.75) is 26.2 Å². The molecule has 170 valence electrons. The Hall–Kier alpha value is -3.53. The van der Waals surface area contributed by atoms with Gasteiger partial charge in [-0.15, -0.1) is 5.10 Å². The van der Waals surface area contributed by atoms with E-state index >= 15 is 0 Å². The first-order valence-electron chi connectivity index (χ1n) is 9.85. The Morgan fingerprint density at radius 2 is 1.97 bits per heavy atom. The zero-order valence-electron chi connectivity index (χ0n) is 17.8. The minimum atomic E-state index is -2.93. The lowest BCUT2D eigenvalue weighted by molar-refractivity contribution is -0.121. The van der Waals surface area contributed by atoms with E-state index in [-0.39, 0.29) is 24.0 Å². The SMILES string of the molecule is COCc1cccc(-c2cn(CC(=O)NCCc3ccc(OC(F)F)c(OC)c3)nn2)c1. The lowest BCUT2D eigenvalue weighted by Gasteiger charge is -2.11. The van der Waals surface area contributed by atoms with E-state index in [4.69, 9.17) is 9.47 Å². The van der Waals surface area contributed by atoms with Crippen molar-refractivity contribution in [1.29, 1.82) is 0 Å². The average molecular weight is 446 g/mol. The van der Waals surface area contributed by atoms with Gasteiger partial charge in [-0.1, -0.05) is 29.5 Å². The van der Waals surface area contributed by atoms with Crippen LogP contribution in [0.25, 0.3) is 11.3 Å². The summed E-state index contributed by atoms with van der Waals surface area (Å²) in [6.45, 7) is -2.05. The Morgan fingerprint density at radius 3 is 2.72 bits per heavy atom. The lowest BCUT2D eigenvalue weighted by atomic mass is 10.1. The van der Waals surface area contributed by atoms with Gasteiger partial charge in [-0.25, -0.2) is 4.68 Å². The number of nitrogens with one attached hydrogen (secondary N) is 1. The first kappa shape index (κ1) is 23.1. The second-order valence-corrected chi connectivity index (χ2v) is 6.90. The zero-order chi connectivity index (χ0) is 22.9. The van der Waals surface area contributed by atoms with E-state index in [1.165, 1.54) is 17.9 Å². The van der Waals surface area contributed by atoms with E-state index in [1.807, 2.05) is 24.3 Å². The van der Waals surface area contributed by atoms with E-state index in [2.05, 4.69) is 20.4 Å². The first-order valence-corrected chi connectivity index (χ1v) is 9.85. The molecule has 1 amide bonds. The molecule has 0 aliphatic heterocycles. The topological polar surface area (TPSA) is 87.5 Å². The van der Waals surface area contributed by atoms with Crippen LogP contribution in [-0.4, -0.2) is 48.3 Å². The molecule has 10 heteroatoms. The fraction of sp³-hybridized carbons (Fsp3) is 0.318. The van der Waals surface area contributed by atoms with Gasteiger partial charge in [0, 0.05) is 19.2 Å². The molecule has 3 aromatic rings. The maximum absolute atomic E-state index is 12.4. The van der Waals surface area contributed by atoms with Gasteiger partial charge in [-0.3, -0.25) is 4.79 Å². The van der Waals surface area contributed by atoms with E-state index in [0.717, 1.165) is 16.7 Å². The second-order valence-electron chi connectivity index (χ2n) is 6.90. The highest BCUT2D eigenvalue weighted by Gasteiger charge is 2.12. The number of benzene rings is 2. The predicted molar refractivity (Wildman–Crippen MR) is 113 cm³/mol. The number of carbonyl (C=O) groups is 1. The molecule has 0 aliphatic carbocycles. The van der Waals surface area contributed by atoms with Gasteiger partial charge >= 0.3 is 6.61 Å². The number of rotatable bonds is 11. The summed E-state index contributed by atoms with van der Waals surface area (Å²) in [6.07, 6.45) is 2.20. The number of carbonyl (C=O) groups excluding carboxylic acids is 1. The van der Waals surface area contributed by atoms with Crippen LogP contribution in [0, 0.1) is 0 Å². The number of ether oxygens (including phenoxy) is 3. The summed E-state index contributed by atoms with van der Waals surface area (Å²) in [5, 5.41) is 10.9. The molecular formula is C22H24F2N4O4. The molecule has 0 atom stereocenters. The summed E-state index contributed by atoms with van der Waals surface area (Å²) < 4.78 is 40.9. The Kier molecular flexibility index (Phi) is 8.09. The highest BCUT2D eigenvalue weighted by Crippen LogP contribution is 2.29. The quantitative estimate of drug-likeness (QED) is 0.487. The molecular weight excluding hydrogens is 422 g/mol. The van der Waals surface area contributed by atoms with Gasteiger partial charge in [-0.05, 0) is 35.7 Å². The minimum Gasteiger partial charge on any atom is -0.493 e.